The molecule has 0 aliphatic heterocycles. The molecule has 2 aromatic carbocycles. The number of carbonyl (C=O) groups excluding carboxylic acids is 1. The number of nitrogens with zero attached hydrogens (tertiary/aromatic N) is 2. The number of aromatic nitrogens is 2. The van der Waals surface area contributed by atoms with Gasteiger partial charge in [-0.05, 0) is 35.2 Å². The van der Waals surface area contributed by atoms with Gasteiger partial charge in [0.2, 0.25) is 5.89 Å². The molecule has 3 aromatic rings. The summed E-state index contributed by atoms with van der Waals surface area (Å²) < 4.78 is 5.59. The zero-order valence-electron chi connectivity index (χ0n) is 16.6. The van der Waals surface area contributed by atoms with Crippen molar-refractivity contribution >= 4 is 23.7 Å². The van der Waals surface area contributed by atoms with Crippen molar-refractivity contribution in [3.8, 4) is 0 Å². The first-order valence-electron chi connectivity index (χ1n) is 9.40. The van der Waals surface area contributed by atoms with E-state index in [1.54, 1.807) is 17.8 Å². The molecule has 0 saturated carbocycles. The fraction of sp³-hybridized carbons (Fsp3) is 0.318. The summed E-state index contributed by atoms with van der Waals surface area (Å²) in [4.78, 5) is 13.5. The van der Waals surface area contributed by atoms with Crippen LogP contribution in [0, 0.1) is 0 Å². The van der Waals surface area contributed by atoms with Crippen LogP contribution >= 0.6 is 11.8 Å². The van der Waals surface area contributed by atoms with E-state index in [-0.39, 0.29) is 11.9 Å². The molecule has 0 bridgehead atoms. The van der Waals surface area contributed by atoms with Crippen molar-refractivity contribution in [2.45, 2.75) is 50.2 Å². The van der Waals surface area contributed by atoms with Crippen LogP contribution in [0.25, 0.3) is 0 Å². The van der Waals surface area contributed by atoms with Gasteiger partial charge in [-0.2, -0.15) is 0 Å². The van der Waals surface area contributed by atoms with Gasteiger partial charge >= 0.3 is 6.01 Å². The van der Waals surface area contributed by atoms with Crippen LogP contribution in [0.4, 0.5) is 6.01 Å². The summed E-state index contributed by atoms with van der Waals surface area (Å²) in [6, 6.07) is 16.0. The maximum atomic E-state index is 12.5. The lowest BCUT2D eigenvalue weighted by Gasteiger charge is -2.06. The SMILES string of the molecule is CC(C)Sc1cccc(C(=O)Nc2nnc(Cc3ccc(C(C)C)cc3)o2)c1. The van der Waals surface area contributed by atoms with Gasteiger partial charge in [0, 0.05) is 15.7 Å². The van der Waals surface area contributed by atoms with Crippen LogP contribution in [-0.2, 0) is 6.42 Å². The predicted octanol–water partition coefficient (Wildman–Crippen LogP) is 5.54. The summed E-state index contributed by atoms with van der Waals surface area (Å²) in [5, 5.41) is 11.1. The number of amides is 1. The number of benzene rings is 2. The zero-order valence-corrected chi connectivity index (χ0v) is 17.4. The van der Waals surface area contributed by atoms with Crippen molar-refractivity contribution in [3.63, 3.8) is 0 Å². The third-order valence-electron chi connectivity index (χ3n) is 4.16. The van der Waals surface area contributed by atoms with Crippen LogP contribution in [0.2, 0.25) is 0 Å². The number of rotatable bonds is 7. The quantitative estimate of drug-likeness (QED) is 0.532. The lowest BCUT2D eigenvalue weighted by atomic mass is 10.0. The van der Waals surface area contributed by atoms with E-state index in [9.17, 15) is 4.79 Å². The fourth-order valence-corrected chi connectivity index (χ4v) is 3.62. The highest BCUT2D eigenvalue weighted by Crippen LogP contribution is 2.24. The second-order valence-electron chi connectivity index (χ2n) is 7.22. The average Bonchev–Trinajstić information content (AvgIpc) is 3.08. The van der Waals surface area contributed by atoms with Crippen LogP contribution in [0.15, 0.2) is 57.8 Å². The van der Waals surface area contributed by atoms with E-state index in [1.165, 1.54) is 5.56 Å². The van der Waals surface area contributed by atoms with Crippen molar-refractivity contribution < 1.29 is 9.21 Å². The lowest BCUT2D eigenvalue weighted by molar-refractivity contribution is 0.102. The summed E-state index contributed by atoms with van der Waals surface area (Å²) in [6.45, 7) is 8.57. The van der Waals surface area contributed by atoms with Crippen LogP contribution < -0.4 is 5.32 Å². The highest BCUT2D eigenvalue weighted by atomic mass is 32.2. The van der Waals surface area contributed by atoms with Crippen molar-refractivity contribution in [3.05, 3.63) is 71.1 Å². The van der Waals surface area contributed by atoms with E-state index in [4.69, 9.17) is 4.42 Å². The van der Waals surface area contributed by atoms with E-state index >= 15 is 0 Å². The Morgan fingerprint density at radius 3 is 2.50 bits per heavy atom. The molecule has 1 amide bonds. The minimum absolute atomic E-state index is 0.112. The molecular formula is C22H25N3O2S. The Bertz CT molecular complexity index is 933. The van der Waals surface area contributed by atoms with Crippen LogP contribution in [0.3, 0.4) is 0 Å². The number of thioether (sulfide) groups is 1. The molecule has 3 rings (SSSR count). The molecule has 0 atom stereocenters. The Morgan fingerprint density at radius 1 is 1.07 bits per heavy atom. The number of hydrogen-bond donors (Lipinski definition) is 1. The largest absolute Gasteiger partial charge is 0.407 e. The summed E-state index contributed by atoms with van der Waals surface area (Å²) in [7, 11) is 0. The molecule has 0 radical (unpaired) electrons. The van der Waals surface area contributed by atoms with Gasteiger partial charge in [0.25, 0.3) is 5.91 Å². The molecule has 6 heteroatoms. The molecule has 0 aliphatic rings. The minimum atomic E-state index is -0.261. The highest BCUT2D eigenvalue weighted by molar-refractivity contribution is 7.99. The van der Waals surface area contributed by atoms with Crippen molar-refractivity contribution in [1.29, 1.82) is 0 Å². The first-order chi connectivity index (χ1) is 13.4. The number of nitrogens with one attached hydrogen (secondary N) is 1. The monoisotopic (exact) mass is 395 g/mol. The molecular weight excluding hydrogens is 370 g/mol. The van der Waals surface area contributed by atoms with Gasteiger partial charge in [-0.1, -0.05) is 63.1 Å². The van der Waals surface area contributed by atoms with Crippen molar-refractivity contribution in [2.24, 2.45) is 0 Å². The van der Waals surface area contributed by atoms with Gasteiger partial charge in [0.15, 0.2) is 0 Å². The van der Waals surface area contributed by atoms with E-state index in [2.05, 4.69) is 67.5 Å². The molecule has 1 N–H and O–H groups in total. The van der Waals surface area contributed by atoms with Crippen LogP contribution in [-0.4, -0.2) is 21.4 Å². The lowest BCUT2D eigenvalue weighted by Crippen LogP contribution is -2.12. The third-order valence-corrected chi connectivity index (χ3v) is 5.15. The Balaban J connectivity index is 1.63. The molecule has 28 heavy (non-hydrogen) atoms. The maximum absolute atomic E-state index is 12.5. The van der Waals surface area contributed by atoms with Crippen LogP contribution in [0.5, 0.6) is 0 Å². The molecule has 0 unspecified atom stereocenters. The van der Waals surface area contributed by atoms with E-state index in [1.807, 2.05) is 18.2 Å². The van der Waals surface area contributed by atoms with Gasteiger partial charge in [0.05, 0.1) is 6.42 Å². The normalized spacial score (nSPS) is 11.2. The summed E-state index contributed by atoms with van der Waals surface area (Å²) in [6.07, 6.45) is 0.530. The molecule has 146 valence electrons. The molecule has 1 aromatic heterocycles. The topological polar surface area (TPSA) is 68.0 Å². The highest BCUT2D eigenvalue weighted by Gasteiger charge is 2.13. The van der Waals surface area contributed by atoms with E-state index in [0.717, 1.165) is 10.5 Å². The fourth-order valence-electron chi connectivity index (χ4n) is 2.72. The second kappa shape index (κ2) is 9.06. The maximum Gasteiger partial charge on any atom is 0.322 e. The second-order valence-corrected chi connectivity index (χ2v) is 8.87. The third kappa shape index (κ3) is 5.45. The first-order valence-corrected chi connectivity index (χ1v) is 10.3. The van der Waals surface area contributed by atoms with Gasteiger partial charge in [-0.15, -0.1) is 16.9 Å². The zero-order chi connectivity index (χ0) is 20.1. The van der Waals surface area contributed by atoms with Gasteiger partial charge in [0.1, 0.15) is 0 Å². The predicted molar refractivity (Wildman–Crippen MR) is 113 cm³/mol. The Morgan fingerprint density at radius 2 is 1.82 bits per heavy atom. The molecule has 1 heterocycles. The Kier molecular flexibility index (Phi) is 6.52. The number of hydrogen-bond acceptors (Lipinski definition) is 5. The number of anilines is 1. The van der Waals surface area contributed by atoms with Crippen molar-refractivity contribution in [2.75, 3.05) is 5.32 Å². The summed E-state index contributed by atoms with van der Waals surface area (Å²) in [5.74, 6) is 0.705. The Hall–Kier alpha value is -2.60. The van der Waals surface area contributed by atoms with Gasteiger partial charge in [-0.25, -0.2) is 0 Å². The molecule has 0 aliphatic carbocycles. The first kappa shape index (κ1) is 20.1. The summed E-state index contributed by atoms with van der Waals surface area (Å²) in [5.41, 5.74) is 2.94. The molecule has 0 fully saturated rings. The average molecular weight is 396 g/mol. The summed E-state index contributed by atoms with van der Waals surface area (Å²) >= 11 is 1.71. The minimum Gasteiger partial charge on any atom is -0.407 e. The van der Waals surface area contributed by atoms with E-state index in [0.29, 0.717) is 29.0 Å². The van der Waals surface area contributed by atoms with Gasteiger partial charge < -0.3 is 4.42 Å². The van der Waals surface area contributed by atoms with Crippen LogP contribution in [0.1, 0.15) is 61.0 Å². The van der Waals surface area contributed by atoms with Gasteiger partial charge in [-0.3, -0.25) is 10.1 Å². The van der Waals surface area contributed by atoms with E-state index < -0.39 is 0 Å². The molecule has 0 spiro atoms. The smallest absolute Gasteiger partial charge is 0.322 e. The number of carbonyl (C=O) groups is 1. The Labute approximate surface area is 170 Å². The molecule has 0 saturated heterocycles. The van der Waals surface area contributed by atoms with Crippen molar-refractivity contribution in [1.82, 2.24) is 10.2 Å². The molecule has 5 nitrogen and oxygen atoms in total. The standard InChI is InChI=1S/C22H25N3O2S/c1-14(2)17-10-8-16(9-11-17)12-20-24-25-22(27-20)23-21(26)18-6-5-7-19(13-18)28-15(3)4/h5-11,13-15H,12H2,1-4H3,(H,23,25,26).